The van der Waals surface area contributed by atoms with E-state index >= 15 is 0 Å². The number of nitrogens with one attached hydrogen (secondary N) is 1. The molecule has 0 spiro atoms. The first-order valence-corrected chi connectivity index (χ1v) is 9.76. The molecule has 0 saturated heterocycles. The average Bonchev–Trinajstić information content (AvgIpc) is 3.10. The highest BCUT2D eigenvalue weighted by atomic mass is 32.1. The van der Waals surface area contributed by atoms with E-state index in [1.54, 1.807) is 42.5 Å². The van der Waals surface area contributed by atoms with Gasteiger partial charge >= 0.3 is 18.1 Å². The van der Waals surface area contributed by atoms with E-state index in [0.717, 1.165) is 4.88 Å². The molecule has 1 saturated carbocycles. The molecule has 1 aromatic heterocycles. The summed E-state index contributed by atoms with van der Waals surface area (Å²) in [6.45, 7) is 1.83. The zero-order chi connectivity index (χ0) is 20.4. The molecule has 1 aromatic carbocycles. The summed E-state index contributed by atoms with van der Waals surface area (Å²) in [5.41, 5.74) is -1.08. The minimum absolute atomic E-state index is 0.265. The topological polar surface area (TPSA) is 55.4 Å². The van der Waals surface area contributed by atoms with Gasteiger partial charge in [-0.1, -0.05) is 24.6 Å². The molecular weight excluding hydrogens is 391 g/mol. The summed E-state index contributed by atoms with van der Waals surface area (Å²) in [5, 5.41) is 2.18. The van der Waals surface area contributed by atoms with Crippen LogP contribution in [-0.2, 0) is 15.1 Å². The van der Waals surface area contributed by atoms with Gasteiger partial charge in [-0.2, -0.15) is 13.2 Å². The maximum atomic E-state index is 13.0. The molecular formula is C20H20F3NO3S. The fourth-order valence-corrected chi connectivity index (χ4v) is 4.59. The van der Waals surface area contributed by atoms with Gasteiger partial charge in [0.05, 0.1) is 5.56 Å². The first kappa shape index (κ1) is 20.4. The summed E-state index contributed by atoms with van der Waals surface area (Å²) in [7, 11) is 0. The number of carbonyl (C=O) groups excluding carboxylic acids is 2. The fraction of sp³-hybridized carbons (Fsp3) is 0.400. The fourth-order valence-electron chi connectivity index (χ4n) is 3.51. The van der Waals surface area contributed by atoms with E-state index in [-0.39, 0.29) is 6.42 Å². The molecule has 3 rings (SSSR count). The molecule has 0 radical (unpaired) electrons. The minimum Gasteiger partial charge on any atom is -0.456 e. The zero-order valence-electron chi connectivity index (χ0n) is 15.2. The molecule has 0 unspecified atom stereocenters. The van der Waals surface area contributed by atoms with Gasteiger partial charge in [-0.25, -0.2) is 4.79 Å². The first-order chi connectivity index (χ1) is 13.2. The maximum absolute atomic E-state index is 13.0. The molecule has 1 aliphatic carbocycles. The van der Waals surface area contributed by atoms with Crippen molar-refractivity contribution in [3.8, 4) is 0 Å². The number of carbonyl (C=O) groups is 2. The SMILES string of the molecule is Cc1ccc([C@]2(NC(=O)C(F)(F)F)CCCC[C@H]2OC(=O)c2ccccc2)s1. The highest BCUT2D eigenvalue weighted by molar-refractivity contribution is 7.12. The zero-order valence-corrected chi connectivity index (χ0v) is 16.0. The normalized spacial score (nSPS) is 22.5. The Morgan fingerprint density at radius 1 is 1.14 bits per heavy atom. The van der Waals surface area contributed by atoms with Crippen molar-refractivity contribution in [3.05, 3.63) is 57.8 Å². The molecule has 0 aliphatic heterocycles. The Kier molecular flexibility index (Phi) is 5.79. The van der Waals surface area contributed by atoms with Gasteiger partial charge in [0.2, 0.25) is 0 Å². The van der Waals surface area contributed by atoms with Gasteiger partial charge < -0.3 is 10.1 Å². The van der Waals surface area contributed by atoms with Crippen LogP contribution < -0.4 is 5.32 Å². The van der Waals surface area contributed by atoms with E-state index < -0.39 is 29.7 Å². The van der Waals surface area contributed by atoms with E-state index in [4.69, 9.17) is 4.74 Å². The van der Waals surface area contributed by atoms with Crippen molar-refractivity contribution < 1.29 is 27.5 Å². The average molecular weight is 411 g/mol. The van der Waals surface area contributed by atoms with Crippen molar-refractivity contribution in [2.24, 2.45) is 0 Å². The lowest BCUT2D eigenvalue weighted by molar-refractivity contribution is -0.178. The number of thiophene rings is 1. The van der Waals surface area contributed by atoms with Crippen molar-refractivity contribution in [1.82, 2.24) is 5.32 Å². The lowest BCUT2D eigenvalue weighted by atomic mass is 9.77. The van der Waals surface area contributed by atoms with Crippen LogP contribution in [0.15, 0.2) is 42.5 Å². The lowest BCUT2D eigenvalue weighted by Gasteiger charge is -2.43. The molecule has 8 heteroatoms. The number of amides is 1. The van der Waals surface area contributed by atoms with Crippen LogP contribution in [0.25, 0.3) is 0 Å². The maximum Gasteiger partial charge on any atom is 0.471 e. The molecule has 150 valence electrons. The monoisotopic (exact) mass is 411 g/mol. The van der Waals surface area contributed by atoms with Gasteiger partial charge in [0, 0.05) is 9.75 Å². The van der Waals surface area contributed by atoms with Crippen LogP contribution in [0.4, 0.5) is 13.2 Å². The molecule has 2 atom stereocenters. The van der Waals surface area contributed by atoms with Crippen LogP contribution in [0.5, 0.6) is 0 Å². The lowest BCUT2D eigenvalue weighted by Crippen LogP contribution is -2.59. The van der Waals surface area contributed by atoms with Crippen molar-refractivity contribution in [1.29, 1.82) is 0 Å². The van der Waals surface area contributed by atoms with Gasteiger partial charge in [-0.05, 0) is 50.5 Å². The smallest absolute Gasteiger partial charge is 0.456 e. The number of rotatable bonds is 4. The number of hydrogen-bond acceptors (Lipinski definition) is 4. The predicted molar refractivity (Wildman–Crippen MR) is 99.0 cm³/mol. The summed E-state index contributed by atoms with van der Waals surface area (Å²) in [6.07, 6.45) is -3.96. The standard InChI is InChI=1S/C20H20F3NO3S/c1-13-10-11-16(28-13)19(24-18(26)20(21,22)23)12-6-5-9-15(19)27-17(25)14-7-3-2-4-8-14/h2-4,7-8,10-11,15H,5-6,9,12H2,1H3,(H,24,26)/t15-,19+/m1/s1. The van der Waals surface area contributed by atoms with Crippen LogP contribution in [0.3, 0.4) is 0 Å². The Labute approximate surface area is 164 Å². The quantitative estimate of drug-likeness (QED) is 0.740. The van der Waals surface area contributed by atoms with Gasteiger partial charge in [0.25, 0.3) is 0 Å². The number of hydrogen-bond donors (Lipinski definition) is 1. The Bertz CT molecular complexity index is 850. The predicted octanol–water partition coefficient (Wildman–Crippen LogP) is 4.73. The molecule has 0 bridgehead atoms. The van der Waals surface area contributed by atoms with Gasteiger partial charge in [-0.3, -0.25) is 4.79 Å². The third kappa shape index (κ3) is 4.22. The summed E-state index contributed by atoms with van der Waals surface area (Å²) in [4.78, 5) is 25.9. The summed E-state index contributed by atoms with van der Waals surface area (Å²) in [6, 6.07) is 11.8. The van der Waals surface area contributed by atoms with Gasteiger partial charge in [-0.15, -0.1) is 11.3 Å². The molecule has 1 aliphatic rings. The van der Waals surface area contributed by atoms with Crippen LogP contribution in [0.1, 0.15) is 45.8 Å². The van der Waals surface area contributed by atoms with Crippen LogP contribution >= 0.6 is 11.3 Å². The van der Waals surface area contributed by atoms with Crippen molar-refractivity contribution in [2.75, 3.05) is 0 Å². The highest BCUT2D eigenvalue weighted by Crippen LogP contribution is 2.43. The Morgan fingerprint density at radius 2 is 1.86 bits per heavy atom. The summed E-state index contributed by atoms with van der Waals surface area (Å²) < 4.78 is 44.8. The summed E-state index contributed by atoms with van der Waals surface area (Å²) in [5.74, 6) is -2.65. The Balaban J connectivity index is 1.97. The van der Waals surface area contributed by atoms with Crippen molar-refractivity contribution in [3.63, 3.8) is 0 Å². The van der Waals surface area contributed by atoms with E-state index in [9.17, 15) is 22.8 Å². The molecule has 2 aromatic rings. The third-order valence-corrected chi connectivity index (χ3v) is 6.05. The Hall–Kier alpha value is -2.35. The van der Waals surface area contributed by atoms with E-state index in [1.165, 1.54) is 11.3 Å². The van der Waals surface area contributed by atoms with Gasteiger partial charge in [0.1, 0.15) is 11.6 Å². The number of halogens is 3. The second kappa shape index (κ2) is 7.95. The van der Waals surface area contributed by atoms with Gasteiger partial charge in [0.15, 0.2) is 0 Å². The number of ether oxygens (including phenoxy) is 1. The molecule has 28 heavy (non-hydrogen) atoms. The number of esters is 1. The molecule has 1 heterocycles. The first-order valence-electron chi connectivity index (χ1n) is 8.95. The molecule has 1 fully saturated rings. The highest BCUT2D eigenvalue weighted by Gasteiger charge is 2.51. The molecule has 1 N–H and O–H groups in total. The number of benzene rings is 1. The van der Waals surface area contributed by atoms with E-state index in [1.807, 2.05) is 6.92 Å². The van der Waals surface area contributed by atoms with Crippen LogP contribution in [-0.4, -0.2) is 24.2 Å². The molecule has 4 nitrogen and oxygen atoms in total. The van der Waals surface area contributed by atoms with Crippen molar-refractivity contribution in [2.45, 2.75) is 50.4 Å². The number of aryl methyl sites for hydroxylation is 1. The largest absolute Gasteiger partial charge is 0.471 e. The van der Waals surface area contributed by atoms with Crippen molar-refractivity contribution >= 4 is 23.2 Å². The molecule has 1 amide bonds. The van der Waals surface area contributed by atoms with Crippen LogP contribution in [0.2, 0.25) is 0 Å². The Morgan fingerprint density at radius 3 is 2.46 bits per heavy atom. The van der Waals surface area contributed by atoms with Crippen LogP contribution in [0, 0.1) is 6.92 Å². The second-order valence-corrected chi connectivity index (χ2v) is 8.13. The minimum atomic E-state index is -5.02. The van der Waals surface area contributed by atoms with E-state index in [2.05, 4.69) is 5.32 Å². The number of alkyl halides is 3. The second-order valence-electron chi connectivity index (χ2n) is 6.84. The van der Waals surface area contributed by atoms with E-state index in [0.29, 0.717) is 29.7 Å². The summed E-state index contributed by atoms with van der Waals surface area (Å²) >= 11 is 1.30. The third-order valence-electron chi connectivity index (χ3n) is 4.87.